The molecule has 2 unspecified atom stereocenters. The van der Waals surface area contributed by atoms with E-state index in [1.54, 1.807) is 0 Å². The Morgan fingerprint density at radius 1 is 1.47 bits per heavy atom. The molecule has 1 aliphatic heterocycles. The molecule has 0 aromatic heterocycles. The van der Waals surface area contributed by atoms with E-state index >= 15 is 0 Å². The lowest BCUT2D eigenvalue weighted by Gasteiger charge is -2.37. The maximum atomic E-state index is 9.15. The molecule has 19 heavy (non-hydrogen) atoms. The summed E-state index contributed by atoms with van der Waals surface area (Å²) in [6, 6.07) is 8.20. The molecule has 1 aliphatic rings. The molecule has 4 nitrogen and oxygen atoms in total. The van der Waals surface area contributed by atoms with Crippen LogP contribution in [0, 0.1) is 0 Å². The summed E-state index contributed by atoms with van der Waals surface area (Å²) in [7, 11) is 0. The fraction of sp³-hybridized carbons (Fsp3) is 0.571. The molecule has 1 fully saturated rings. The van der Waals surface area contributed by atoms with Gasteiger partial charge < -0.3 is 14.6 Å². The summed E-state index contributed by atoms with van der Waals surface area (Å²) < 4.78 is 12.2. The number of para-hydroxylation sites is 1. The largest absolute Gasteiger partial charge is 0.491 e. The quantitative estimate of drug-likeness (QED) is 0.896. The van der Waals surface area contributed by atoms with Crippen LogP contribution in [0.1, 0.15) is 6.92 Å². The Bertz CT molecular complexity index is 402. The second-order valence-corrected chi connectivity index (χ2v) is 5.62. The summed E-state index contributed by atoms with van der Waals surface area (Å²) in [5, 5.41) is 9.15. The molecular formula is C14H20BrNO3. The number of hydrogen-bond donors (Lipinski definition) is 1. The van der Waals surface area contributed by atoms with E-state index < -0.39 is 0 Å². The van der Waals surface area contributed by atoms with Gasteiger partial charge >= 0.3 is 0 Å². The van der Waals surface area contributed by atoms with Crippen LogP contribution in [0.5, 0.6) is 5.75 Å². The van der Waals surface area contributed by atoms with Gasteiger partial charge in [-0.2, -0.15) is 0 Å². The second kappa shape index (κ2) is 7.24. The molecule has 2 atom stereocenters. The molecule has 0 amide bonds. The molecule has 1 N–H and O–H groups in total. The number of rotatable bonds is 5. The zero-order valence-corrected chi connectivity index (χ0v) is 12.7. The van der Waals surface area contributed by atoms with Crippen molar-refractivity contribution >= 4 is 15.9 Å². The zero-order valence-electron chi connectivity index (χ0n) is 11.1. The molecule has 0 saturated carbocycles. The summed E-state index contributed by atoms with van der Waals surface area (Å²) in [6.07, 6.45) is -0.0698. The van der Waals surface area contributed by atoms with Crippen LogP contribution in [0.2, 0.25) is 0 Å². The van der Waals surface area contributed by atoms with Gasteiger partial charge in [0.15, 0.2) is 0 Å². The van der Waals surface area contributed by atoms with Crippen LogP contribution in [0.4, 0.5) is 0 Å². The third-order valence-electron chi connectivity index (χ3n) is 3.31. The third-order valence-corrected chi connectivity index (χ3v) is 3.97. The van der Waals surface area contributed by atoms with Crippen molar-refractivity contribution in [3.63, 3.8) is 0 Å². The molecule has 2 rings (SSSR count). The highest BCUT2D eigenvalue weighted by molar-refractivity contribution is 9.10. The van der Waals surface area contributed by atoms with Gasteiger partial charge in [-0.1, -0.05) is 12.1 Å². The summed E-state index contributed by atoms with van der Waals surface area (Å²) in [4.78, 5) is 2.29. The van der Waals surface area contributed by atoms with Crippen LogP contribution >= 0.6 is 15.9 Å². The summed E-state index contributed by atoms with van der Waals surface area (Å²) in [5.74, 6) is 0.863. The van der Waals surface area contributed by atoms with E-state index in [4.69, 9.17) is 14.6 Å². The number of ether oxygens (including phenoxy) is 2. The van der Waals surface area contributed by atoms with Gasteiger partial charge in [0.1, 0.15) is 12.4 Å². The molecule has 1 saturated heterocycles. The maximum absolute atomic E-state index is 9.15. The predicted molar refractivity (Wildman–Crippen MR) is 77.5 cm³/mol. The van der Waals surface area contributed by atoms with Crippen molar-refractivity contribution in [1.82, 2.24) is 4.90 Å². The van der Waals surface area contributed by atoms with E-state index in [2.05, 4.69) is 27.8 Å². The number of aliphatic hydroxyl groups is 1. The lowest BCUT2D eigenvalue weighted by atomic mass is 10.2. The van der Waals surface area contributed by atoms with Crippen molar-refractivity contribution in [2.45, 2.75) is 19.1 Å². The first-order chi connectivity index (χ1) is 9.20. The first kappa shape index (κ1) is 14.8. The standard InChI is InChI=1S/C14H20BrNO3/c1-11-10-19-12(9-17)8-16(11)6-7-18-14-5-3-2-4-13(14)15/h2-5,11-12,17H,6-10H2,1H3. The van der Waals surface area contributed by atoms with Crippen molar-refractivity contribution in [3.8, 4) is 5.75 Å². The van der Waals surface area contributed by atoms with Gasteiger partial charge in [-0.05, 0) is 35.0 Å². The smallest absolute Gasteiger partial charge is 0.133 e. The Morgan fingerprint density at radius 3 is 3.00 bits per heavy atom. The van der Waals surface area contributed by atoms with E-state index in [1.807, 2.05) is 24.3 Å². The summed E-state index contributed by atoms with van der Waals surface area (Å²) >= 11 is 3.46. The van der Waals surface area contributed by atoms with E-state index in [-0.39, 0.29) is 12.7 Å². The van der Waals surface area contributed by atoms with E-state index in [0.717, 1.165) is 23.3 Å². The van der Waals surface area contributed by atoms with Crippen LogP contribution in [-0.2, 0) is 4.74 Å². The van der Waals surface area contributed by atoms with Crippen molar-refractivity contribution in [3.05, 3.63) is 28.7 Å². The molecule has 0 aliphatic carbocycles. The Kier molecular flexibility index (Phi) is 5.63. The Labute approximate surface area is 122 Å². The van der Waals surface area contributed by atoms with Crippen LogP contribution in [0.3, 0.4) is 0 Å². The fourth-order valence-corrected chi connectivity index (χ4v) is 2.53. The van der Waals surface area contributed by atoms with Gasteiger partial charge in [-0.3, -0.25) is 4.90 Å². The minimum absolute atomic E-state index is 0.0698. The molecular weight excluding hydrogens is 310 g/mol. The van der Waals surface area contributed by atoms with Gasteiger partial charge in [-0.15, -0.1) is 0 Å². The fourth-order valence-electron chi connectivity index (χ4n) is 2.13. The Morgan fingerprint density at radius 2 is 2.26 bits per heavy atom. The first-order valence-corrected chi connectivity index (χ1v) is 7.34. The Hall–Kier alpha value is -0.620. The normalized spacial score (nSPS) is 24.4. The van der Waals surface area contributed by atoms with Gasteiger partial charge in [0.25, 0.3) is 0 Å². The van der Waals surface area contributed by atoms with Crippen molar-refractivity contribution in [2.75, 3.05) is 32.9 Å². The van der Waals surface area contributed by atoms with Crippen molar-refractivity contribution in [2.24, 2.45) is 0 Å². The molecule has 1 heterocycles. The lowest BCUT2D eigenvalue weighted by molar-refractivity contribution is -0.0798. The number of aliphatic hydroxyl groups excluding tert-OH is 1. The molecule has 1 aromatic carbocycles. The average Bonchev–Trinajstić information content (AvgIpc) is 2.43. The predicted octanol–water partition coefficient (Wildman–Crippen LogP) is 1.91. The van der Waals surface area contributed by atoms with E-state index in [9.17, 15) is 0 Å². The van der Waals surface area contributed by atoms with Gasteiger partial charge in [0.05, 0.1) is 23.8 Å². The zero-order chi connectivity index (χ0) is 13.7. The maximum Gasteiger partial charge on any atom is 0.133 e. The number of nitrogens with zero attached hydrogens (tertiary/aromatic N) is 1. The second-order valence-electron chi connectivity index (χ2n) is 4.76. The van der Waals surface area contributed by atoms with Gasteiger partial charge in [0.2, 0.25) is 0 Å². The minimum Gasteiger partial charge on any atom is -0.491 e. The minimum atomic E-state index is -0.0698. The van der Waals surface area contributed by atoms with Crippen LogP contribution in [0.15, 0.2) is 28.7 Å². The SMILES string of the molecule is CC1COC(CO)CN1CCOc1ccccc1Br. The number of benzene rings is 1. The van der Waals surface area contributed by atoms with Crippen molar-refractivity contribution < 1.29 is 14.6 Å². The van der Waals surface area contributed by atoms with Gasteiger partial charge in [-0.25, -0.2) is 0 Å². The lowest BCUT2D eigenvalue weighted by Crippen LogP contribution is -2.50. The molecule has 0 bridgehead atoms. The number of morpholine rings is 1. The number of halogens is 1. The molecule has 5 heteroatoms. The van der Waals surface area contributed by atoms with Crippen LogP contribution in [0.25, 0.3) is 0 Å². The highest BCUT2D eigenvalue weighted by Crippen LogP contribution is 2.23. The van der Waals surface area contributed by atoms with E-state index in [0.29, 0.717) is 19.3 Å². The van der Waals surface area contributed by atoms with Crippen molar-refractivity contribution in [1.29, 1.82) is 0 Å². The van der Waals surface area contributed by atoms with E-state index in [1.165, 1.54) is 0 Å². The molecule has 0 radical (unpaired) electrons. The highest BCUT2D eigenvalue weighted by Gasteiger charge is 2.25. The highest BCUT2D eigenvalue weighted by atomic mass is 79.9. The Balaban J connectivity index is 1.80. The summed E-state index contributed by atoms with van der Waals surface area (Å²) in [6.45, 7) is 5.10. The topological polar surface area (TPSA) is 41.9 Å². The molecule has 106 valence electrons. The third kappa shape index (κ3) is 4.18. The van der Waals surface area contributed by atoms with Crippen LogP contribution in [-0.4, -0.2) is 55.1 Å². The average molecular weight is 330 g/mol. The monoisotopic (exact) mass is 329 g/mol. The summed E-state index contributed by atoms with van der Waals surface area (Å²) in [5.41, 5.74) is 0. The number of hydrogen-bond acceptors (Lipinski definition) is 4. The first-order valence-electron chi connectivity index (χ1n) is 6.54. The van der Waals surface area contributed by atoms with Gasteiger partial charge in [0, 0.05) is 19.1 Å². The molecule has 1 aromatic rings. The van der Waals surface area contributed by atoms with Crippen LogP contribution < -0.4 is 4.74 Å². The molecule has 0 spiro atoms.